The second kappa shape index (κ2) is 4.42. The van der Waals surface area contributed by atoms with Gasteiger partial charge in [0.15, 0.2) is 0 Å². The van der Waals surface area contributed by atoms with E-state index >= 15 is 0 Å². The summed E-state index contributed by atoms with van der Waals surface area (Å²) in [6.45, 7) is 4.45. The monoisotopic (exact) mass is 164 g/mol. The Balaban J connectivity index is 0.000000490. The van der Waals surface area contributed by atoms with Crippen molar-refractivity contribution >= 4 is 0 Å². The predicted molar refractivity (Wildman–Crippen MR) is 30.1 cm³/mol. The Hall–Kier alpha value is 0.543. The molecule has 44 valence electrons. The Bertz CT molecular complexity index is 52.4. The number of nitrogens with one attached hydrogen (secondary N) is 2. The molecule has 0 aromatic rings. The summed E-state index contributed by atoms with van der Waals surface area (Å²) in [5, 5.41) is 6.59. The molecule has 0 radical (unpaired) electrons. The molecule has 0 spiro atoms. The number of rotatable bonds is 1. The summed E-state index contributed by atoms with van der Waals surface area (Å²) < 4.78 is 0. The van der Waals surface area contributed by atoms with Gasteiger partial charge >= 0.3 is 0 Å². The Kier molecular flexibility index (Phi) is 4.73. The Labute approximate surface area is 63.2 Å². The van der Waals surface area contributed by atoms with Gasteiger partial charge in [-0.2, -0.15) is 0 Å². The normalized spacial score (nSPS) is 20.6. The van der Waals surface area contributed by atoms with Crippen molar-refractivity contribution in [3.63, 3.8) is 0 Å². The maximum atomic E-state index is 3.30. The van der Waals surface area contributed by atoms with Crippen molar-refractivity contribution < 1.29 is 19.5 Å². The first-order chi connectivity index (χ1) is 3.43. The van der Waals surface area contributed by atoms with Crippen LogP contribution in [-0.2, 0) is 19.5 Å². The van der Waals surface area contributed by atoms with E-state index in [4.69, 9.17) is 0 Å². The smallest absolute Gasteiger partial charge is 0.0569 e. The molecule has 0 unspecified atom stereocenters. The number of hydrogen-bond donors (Lipinski definition) is 2. The van der Waals surface area contributed by atoms with Crippen LogP contribution in [0.5, 0.6) is 0 Å². The predicted octanol–water partition coefficient (Wildman–Crippen LogP) is -0.0872. The van der Waals surface area contributed by atoms with Crippen molar-refractivity contribution in [2.75, 3.05) is 13.1 Å². The summed E-state index contributed by atoms with van der Waals surface area (Å²) in [4.78, 5) is 0. The summed E-state index contributed by atoms with van der Waals surface area (Å²) in [5.41, 5.74) is 0. The molecule has 0 atom stereocenters. The second-order valence-corrected chi connectivity index (χ2v) is 1.87. The molecule has 1 saturated heterocycles. The minimum Gasteiger partial charge on any atom is -0.301 e. The third kappa shape index (κ3) is 2.21. The number of hydrogen-bond acceptors (Lipinski definition) is 2. The summed E-state index contributed by atoms with van der Waals surface area (Å²) in [6.07, 6.45) is 1.79. The summed E-state index contributed by atoms with van der Waals surface area (Å²) in [5.74, 6) is 0. The van der Waals surface area contributed by atoms with Crippen molar-refractivity contribution in [1.29, 1.82) is 0 Å². The zero-order valence-corrected chi connectivity index (χ0v) is 8.37. The molecular weight excluding hydrogens is 153 g/mol. The fourth-order valence-electron chi connectivity index (χ4n) is 0.854. The van der Waals surface area contributed by atoms with Crippen LogP contribution in [0.15, 0.2) is 0 Å². The molecule has 3 heteroatoms. The Morgan fingerprint density at radius 3 is 2.12 bits per heavy atom. The third-order valence-electron chi connectivity index (χ3n) is 1.31. The van der Waals surface area contributed by atoms with Gasteiger partial charge in [-0.05, 0) is 6.42 Å². The molecule has 1 rings (SSSR count). The van der Waals surface area contributed by atoms with Crippen LogP contribution in [0.25, 0.3) is 0 Å². The molecule has 1 fully saturated rings. The maximum Gasteiger partial charge on any atom is 0.0569 e. The van der Waals surface area contributed by atoms with Crippen molar-refractivity contribution in [1.82, 2.24) is 10.6 Å². The van der Waals surface area contributed by atoms with E-state index in [1.807, 2.05) is 0 Å². The van der Waals surface area contributed by atoms with E-state index in [9.17, 15) is 0 Å². The van der Waals surface area contributed by atoms with Crippen molar-refractivity contribution in [2.24, 2.45) is 0 Å². The standard InChI is InChI=1S/C5H12N2.Zn/c1-2-5-6-3-4-7-5;/h5-7H,2-4H2,1H3;. The third-order valence-corrected chi connectivity index (χ3v) is 1.31. The fraction of sp³-hybridized carbons (Fsp3) is 1.00. The van der Waals surface area contributed by atoms with Crippen LogP contribution in [0.4, 0.5) is 0 Å². The van der Waals surface area contributed by atoms with Gasteiger partial charge in [0.05, 0.1) is 6.17 Å². The Morgan fingerprint density at radius 1 is 1.38 bits per heavy atom. The molecule has 1 heterocycles. The van der Waals surface area contributed by atoms with Crippen LogP contribution in [-0.4, -0.2) is 19.3 Å². The first-order valence-electron chi connectivity index (χ1n) is 2.90. The molecule has 0 aromatic heterocycles. The molecule has 2 N–H and O–H groups in total. The first kappa shape index (κ1) is 8.54. The van der Waals surface area contributed by atoms with Gasteiger partial charge in [0, 0.05) is 32.6 Å². The summed E-state index contributed by atoms with van der Waals surface area (Å²) in [6, 6.07) is 0. The van der Waals surface area contributed by atoms with Crippen LogP contribution in [0.3, 0.4) is 0 Å². The molecule has 8 heavy (non-hydrogen) atoms. The molecule has 0 aromatic carbocycles. The summed E-state index contributed by atoms with van der Waals surface area (Å²) >= 11 is 0. The van der Waals surface area contributed by atoms with Crippen molar-refractivity contribution in [2.45, 2.75) is 19.5 Å². The van der Waals surface area contributed by atoms with Crippen LogP contribution in [0, 0.1) is 0 Å². The van der Waals surface area contributed by atoms with E-state index in [0.29, 0.717) is 6.17 Å². The fourth-order valence-corrected chi connectivity index (χ4v) is 0.854. The van der Waals surface area contributed by atoms with E-state index in [1.54, 1.807) is 0 Å². The zero-order valence-electron chi connectivity index (χ0n) is 5.41. The quantitative estimate of drug-likeness (QED) is 0.531. The van der Waals surface area contributed by atoms with Crippen LogP contribution in [0.2, 0.25) is 0 Å². The minimum absolute atomic E-state index is 0. The molecule has 0 saturated carbocycles. The average molecular weight is 166 g/mol. The van der Waals surface area contributed by atoms with Gasteiger partial charge in [0.2, 0.25) is 0 Å². The zero-order chi connectivity index (χ0) is 5.11. The van der Waals surface area contributed by atoms with Gasteiger partial charge in [-0.25, -0.2) is 0 Å². The topological polar surface area (TPSA) is 24.1 Å². The van der Waals surface area contributed by atoms with Crippen LogP contribution >= 0.6 is 0 Å². The van der Waals surface area contributed by atoms with Gasteiger partial charge in [-0.1, -0.05) is 6.92 Å². The SMILES string of the molecule is CCC1NCCN1.[Zn]. The molecule has 1 aliphatic rings. The molecular formula is C5H12N2Zn. The van der Waals surface area contributed by atoms with E-state index in [2.05, 4.69) is 17.6 Å². The molecule has 0 aliphatic carbocycles. The van der Waals surface area contributed by atoms with Crippen LogP contribution < -0.4 is 10.6 Å². The van der Waals surface area contributed by atoms with Gasteiger partial charge in [0.1, 0.15) is 0 Å². The minimum atomic E-state index is 0. The van der Waals surface area contributed by atoms with Gasteiger partial charge in [0.25, 0.3) is 0 Å². The van der Waals surface area contributed by atoms with Crippen molar-refractivity contribution in [3.8, 4) is 0 Å². The molecule has 2 nitrogen and oxygen atoms in total. The van der Waals surface area contributed by atoms with Gasteiger partial charge in [-0.15, -0.1) is 0 Å². The maximum absolute atomic E-state index is 3.30. The second-order valence-electron chi connectivity index (χ2n) is 1.87. The van der Waals surface area contributed by atoms with Crippen LogP contribution in [0.1, 0.15) is 13.3 Å². The largest absolute Gasteiger partial charge is 0.301 e. The summed E-state index contributed by atoms with van der Waals surface area (Å²) in [7, 11) is 0. The van der Waals surface area contributed by atoms with E-state index in [-0.39, 0.29) is 19.5 Å². The van der Waals surface area contributed by atoms with Gasteiger partial charge < -0.3 is 10.6 Å². The molecule has 1 aliphatic heterocycles. The Morgan fingerprint density at radius 2 is 1.88 bits per heavy atom. The van der Waals surface area contributed by atoms with Gasteiger partial charge in [-0.3, -0.25) is 0 Å². The first-order valence-corrected chi connectivity index (χ1v) is 2.90. The van der Waals surface area contributed by atoms with E-state index in [0.717, 1.165) is 13.1 Å². The molecule has 0 bridgehead atoms. The van der Waals surface area contributed by atoms with E-state index < -0.39 is 0 Å². The molecule has 0 amide bonds. The van der Waals surface area contributed by atoms with E-state index in [1.165, 1.54) is 6.42 Å². The average Bonchev–Trinajstić information content (AvgIpc) is 2.14. The van der Waals surface area contributed by atoms with Crippen molar-refractivity contribution in [3.05, 3.63) is 0 Å².